The second-order valence-corrected chi connectivity index (χ2v) is 11.0. The van der Waals surface area contributed by atoms with Crippen molar-refractivity contribution in [1.82, 2.24) is 0 Å². The molecule has 6 heteroatoms. The van der Waals surface area contributed by atoms with Gasteiger partial charge in [-0.15, -0.1) is 0 Å². The van der Waals surface area contributed by atoms with Gasteiger partial charge in [-0.2, -0.15) is 0 Å². The third-order valence-electron chi connectivity index (χ3n) is 8.66. The first-order valence-corrected chi connectivity index (χ1v) is 14.5. The van der Waals surface area contributed by atoms with Gasteiger partial charge in [0.05, 0.1) is 30.2 Å². The molecule has 0 spiro atoms. The fourth-order valence-electron chi connectivity index (χ4n) is 6.62. The molecule has 2 amide bonds. The minimum atomic E-state index is -0.425. The van der Waals surface area contributed by atoms with Crippen molar-refractivity contribution in [3.8, 4) is 11.5 Å². The molecule has 3 aliphatic rings. The Morgan fingerprint density at radius 1 is 0.951 bits per heavy atom. The van der Waals surface area contributed by atoms with Crippen molar-refractivity contribution >= 4 is 23.6 Å². The summed E-state index contributed by atoms with van der Waals surface area (Å²) in [6.45, 7) is 2.90. The largest absolute Gasteiger partial charge is 0.507 e. The minimum Gasteiger partial charge on any atom is -0.507 e. The van der Waals surface area contributed by atoms with E-state index in [-0.39, 0.29) is 29.6 Å². The zero-order valence-corrected chi connectivity index (χ0v) is 23.2. The minimum absolute atomic E-state index is 0.130. The topological polar surface area (TPSA) is 76.1 Å². The summed E-state index contributed by atoms with van der Waals surface area (Å²) in [6.07, 6.45) is 4.82. The van der Waals surface area contributed by atoms with Gasteiger partial charge < -0.3 is 14.6 Å². The molecule has 41 heavy (non-hydrogen) atoms. The Morgan fingerprint density at radius 3 is 2.39 bits per heavy atom. The summed E-state index contributed by atoms with van der Waals surface area (Å²) in [6, 6.07) is 26.3. The number of anilines is 1. The first kappa shape index (κ1) is 27.0. The van der Waals surface area contributed by atoms with Gasteiger partial charge in [0.25, 0.3) is 0 Å². The summed E-state index contributed by atoms with van der Waals surface area (Å²) in [4.78, 5) is 28.8. The molecule has 2 heterocycles. The van der Waals surface area contributed by atoms with Crippen LogP contribution in [-0.2, 0) is 14.3 Å². The van der Waals surface area contributed by atoms with Crippen LogP contribution in [0.5, 0.6) is 11.5 Å². The van der Waals surface area contributed by atoms with Crippen molar-refractivity contribution in [3.63, 3.8) is 0 Å². The third-order valence-corrected chi connectivity index (χ3v) is 8.66. The van der Waals surface area contributed by atoms with Crippen LogP contribution in [0, 0.1) is 17.8 Å². The Labute approximate surface area is 240 Å². The van der Waals surface area contributed by atoms with Gasteiger partial charge in [0, 0.05) is 11.5 Å². The predicted octanol–water partition coefficient (Wildman–Crippen LogP) is 6.57. The van der Waals surface area contributed by atoms with Crippen LogP contribution < -0.4 is 9.64 Å². The highest BCUT2D eigenvalue weighted by Crippen LogP contribution is 2.50. The second kappa shape index (κ2) is 11.8. The van der Waals surface area contributed by atoms with Gasteiger partial charge in [-0.3, -0.25) is 14.5 Å². The van der Waals surface area contributed by atoms with E-state index in [0.717, 1.165) is 41.7 Å². The highest BCUT2D eigenvalue weighted by atomic mass is 16.5. The first-order chi connectivity index (χ1) is 20.0. The predicted molar refractivity (Wildman–Crippen MR) is 158 cm³/mol. The van der Waals surface area contributed by atoms with Crippen LogP contribution in [0.1, 0.15) is 38.2 Å². The number of para-hydroxylation sites is 3. The highest BCUT2D eigenvalue weighted by molar-refractivity contribution is 6.22. The summed E-state index contributed by atoms with van der Waals surface area (Å²) < 4.78 is 12.6. The van der Waals surface area contributed by atoms with Crippen LogP contribution in [-0.4, -0.2) is 36.2 Å². The summed E-state index contributed by atoms with van der Waals surface area (Å²) in [7, 11) is 0. The van der Waals surface area contributed by atoms with E-state index in [4.69, 9.17) is 9.47 Å². The van der Waals surface area contributed by atoms with E-state index in [1.54, 1.807) is 6.07 Å². The lowest BCUT2D eigenvalue weighted by molar-refractivity contribution is -0.122. The van der Waals surface area contributed by atoms with Crippen molar-refractivity contribution < 1.29 is 24.2 Å². The van der Waals surface area contributed by atoms with E-state index in [1.807, 2.05) is 78.9 Å². The zero-order valence-electron chi connectivity index (χ0n) is 23.2. The van der Waals surface area contributed by atoms with E-state index < -0.39 is 11.8 Å². The number of phenolic OH excluding ortho intramolecular Hbond substituents is 1. The van der Waals surface area contributed by atoms with E-state index in [0.29, 0.717) is 25.3 Å². The molecule has 4 atom stereocenters. The first-order valence-electron chi connectivity index (χ1n) is 14.5. The molecule has 210 valence electrons. The number of fused-ring (bicyclic) bond motifs is 3. The van der Waals surface area contributed by atoms with Crippen molar-refractivity contribution in [3.05, 3.63) is 107 Å². The lowest BCUT2D eigenvalue weighted by Gasteiger charge is -2.31. The Kier molecular flexibility index (Phi) is 7.75. The molecule has 2 saturated heterocycles. The molecule has 1 aliphatic carbocycles. The summed E-state index contributed by atoms with van der Waals surface area (Å²) in [5.41, 5.74) is 4.86. The molecule has 3 aromatic carbocycles. The maximum Gasteiger partial charge on any atom is 0.238 e. The van der Waals surface area contributed by atoms with Gasteiger partial charge in [0.2, 0.25) is 11.8 Å². The number of phenols is 1. The number of rotatable bonds is 9. The maximum absolute atomic E-state index is 13.8. The van der Waals surface area contributed by atoms with Crippen LogP contribution >= 0.6 is 0 Å². The normalized spacial score (nSPS) is 24.0. The Morgan fingerprint density at radius 2 is 1.66 bits per heavy atom. The van der Waals surface area contributed by atoms with Crippen molar-refractivity contribution in [2.45, 2.75) is 38.7 Å². The van der Waals surface area contributed by atoms with Crippen molar-refractivity contribution in [1.29, 1.82) is 0 Å². The number of benzene rings is 3. The number of ether oxygens (including phenoxy) is 2. The molecule has 2 fully saturated rings. The lowest BCUT2D eigenvalue weighted by Crippen LogP contribution is -2.35. The quantitative estimate of drug-likeness (QED) is 0.242. The molecule has 0 radical (unpaired) electrons. The number of carbonyl (C=O) groups is 2. The molecule has 6 nitrogen and oxygen atoms in total. The fourth-order valence-corrected chi connectivity index (χ4v) is 6.62. The van der Waals surface area contributed by atoms with E-state index in [2.05, 4.69) is 13.0 Å². The van der Waals surface area contributed by atoms with Gasteiger partial charge in [-0.1, -0.05) is 73.2 Å². The van der Waals surface area contributed by atoms with Gasteiger partial charge >= 0.3 is 0 Å². The summed E-state index contributed by atoms with van der Waals surface area (Å²) in [5.74, 6) is -0.214. The van der Waals surface area contributed by atoms with E-state index in [9.17, 15) is 14.7 Å². The van der Waals surface area contributed by atoms with Gasteiger partial charge in [-0.25, -0.2) is 0 Å². The van der Waals surface area contributed by atoms with Crippen LogP contribution in [0.15, 0.2) is 102 Å². The Hall–Kier alpha value is -4.16. The average molecular weight is 550 g/mol. The maximum atomic E-state index is 13.8. The lowest BCUT2D eigenvalue weighted by atomic mass is 9.69. The third kappa shape index (κ3) is 5.32. The molecule has 6 rings (SSSR count). The number of amides is 2. The van der Waals surface area contributed by atoms with Crippen molar-refractivity contribution in [2.24, 2.45) is 17.8 Å². The van der Waals surface area contributed by atoms with Crippen LogP contribution in [0.3, 0.4) is 0 Å². The summed E-state index contributed by atoms with van der Waals surface area (Å²) >= 11 is 0. The molecular formula is C35H35NO5. The van der Waals surface area contributed by atoms with Gasteiger partial charge in [0.1, 0.15) is 18.1 Å². The number of imide groups is 1. The average Bonchev–Trinajstić information content (AvgIpc) is 3.54. The second-order valence-electron chi connectivity index (χ2n) is 11.0. The Bertz CT molecular complexity index is 1480. The molecular weight excluding hydrogens is 514 g/mol. The fraction of sp³-hybridized carbons (Fsp3) is 0.314. The number of allylic oxidation sites excluding steroid dienone is 1. The highest BCUT2D eigenvalue weighted by Gasteiger charge is 2.57. The number of hydrogen-bond acceptors (Lipinski definition) is 5. The number of aromatic hydroxyl groups is 1. The monoisotopic (exact) mass is 549 g/mol. The zero-order chi connectivity index (χ0) is 28.3. The SMILES string of the molecule is CC/C(=C\c1ccccc1O)CC[C@H]1OC[C@H]2C1=C(COc1ccccc1)C[C@H]1C(=O)N(c3ccccc3)C(=O)[C@H]12. The molecule has 0 saturated carbocycles. The molecule has 2 aliphatic heterocycles. The van der Waals surface area contributed by atoms with E-state index >= 15 is 0 Å². The molecule has 3 aromatic rings. The Balaban J connectivity index is 1.28. The van der Waals surface area contributed by atoms with Gasteiger partial charge in [-0.05, 0) is 67.2 Å². The van der Waals surface area contributed by atoms with Crippen LogP contribution in [0.2, 0.25) is 0 Å². The van der Waals surface area contributed by atoms with Crippen LogP contribution in [0.25, 0.3) is 6.08 Å². The standard InChI is InChI=1S/C35H35NO5/c1-2-23(19-24-11-9-10-16-30(24)37)17-18-31-32-25(21-40-27-14-7-4-8-15-27)20-28-33(29(32)22-41-31)35(39)36(34(28)38)26-12-5-3-6-13-26/h3-16,19,28-29,31,33,37H,2,17-18,20-22H2,1H3/b23-19+/t28-,29+,31-,33-/m1/s1. The smallest absolute Gasteiger partial charge is 0.238 e. The van der Waals surface area contributed by atoms with Crippen molar-refractivity contribution in [2.75, 3.05) is 18.1 Å². The number of hydrogen-bond donors (Lipinski definition) is 1. The number of nitrogens with zero attached hydrogens (tertiary/aromatic N) is 1. The van der Waals surface area contributed by atoms with Crippen LogP contribution in [0.4, 0.5) is 5.69 Å². The molecule has 0 aromatic heterocycles. The van der Waals surface area contributed by atoms with Gasteiger partial charge in [0.15, 0.2) is 0 Å². The summed E-state index contributed by atoms with van der Waals surface area (Å²) in [5, 5.41) is 10.3. The molecule has 0 bridgehead atoms. The van der Waals surface area contributed by atoms with E-state index in [1.165, 1.54) is 10.5 Å². The number of carbonyl (C=O) groups excluding carboxylic acids is 2. The molecule has 0 unspecified atom stereocenters. The molecule has 1 N–H and O–H groups in total.